The molecular formula is C28H27ClN2O5. The first kappa shape index (κ1) is 26.5. The molecule has 0 bridgehead atoms. The van der Waals surface area contributed by atoms with E-state index in [1.54, 1.807) is 18.2 Å². The Morgan fingerprint density at radius 1 is 0.917 bits per heavy atom. The van der Waals surface area contributed by atoms with Crippen molar-refractivity contribution in [1.29, 1.82) is 5.26 Å². The zero-order chi connectivity index (χ0) is 26.2. The second-order valence-corrected chi connectivity index (χ2v) is 8.34. The zero-order valence-electron chi connectivity index (χ0n) is 20.8. The van der Waals surface area contributed by atoms with E-state index in [1.807, 2.05) is 12.1 Å². The highest BCUT2D eigenvalue weighted by Crippen LogP contribution is 2.36. The number of carbonyl (C=O) groups is 1. The number of anilines is 1. The van der Waals surface area contributed by atoms with Crippen LogP contribution in [0.4, 0.5) is 5.69 Å². The van der Waals surface area contributed by atoms with Crippen LogP contribution in [-0.4, -0.2) is 27.2 Å². The van der Waals surface area contributed by atoms with Gasteiger partial charge in [0.15, 0.2) is 11.5 Å². The quantitative estimate of drug-likeness (QED) is 0.278. The third-order valence-electron chi connectivity index (χ3n) is 5.55. The van der Waals surface area contributed by atoms with E-state index >= 15 is 0 Å². The molecule has 3 rings (SSSR count). The molecule has 1 amide bonds. The van der Waals surface area contributed by atoms with Crippen molar-refractivity contribution in [2.45, 2.75) is 20.5 Å². The molecule has 0 aliphatic heterocycles. The molecule has 0 saturated heterocycles. The average molecular weight is 507 g/mol. The second kappa shape index (κ2) is 12.0. The number of hydrogen-bond acceptors (Lipinski definition) is 6. The first-order valence-electron chi connectivity index (χ1n) is 11.0. The van der Waals surface area contributed by atoms with Gasteiger partial charge in [0.2, 0.25) is 0 Å². The highest BCUT2D eigenvalue weighted by Gasteiger charge is 2.16. The fourth-order valence-corrected chi connectivity index (χ4v) is 3.64. The Morgan fingerprint density at radius 2 is 1.64 bits per heavy atom. The molecule has 0 spiro atoms. The summed E-state index contributed by atoms with van der Waals surface area (Å²) >= 11 is 6.12. The van der Waals surface area contributed by atoms with Crippen LogP contribution in [0.1, 0.15) is 22.3 Å². The minimum Gasteiger partial charge on any atom is -0.495 e. The van der Waals surface area contributed by atoms with Crippen molar-refractivity contribution in [2.75, 3.05) is 26.6 Å². The van der Waals surface area contributed by atoms with Crippen LogP contribution in [0.5, 0.6) is 23.0 Å². The molecule has 0 unspecified atom stereocenters. The first-order valence-corrected chi connectivity index (χ1v) is 11.4. The van der Waals surface area contributed by atoms with Gasteiger partial charge in [0, 0.05) is 12.1 Å². The van der Waals surface area contributed by atoms with Crippen LogP contribution in [0, 0.1) is 25.2 Å². The Balaban J connectivity index is 1.80. The highest BCUT2D eigenvalue weighted by atomic mass is 35.5. The molecular weight excluding hydrogens is 480 g/mol. The molecule has 186 valence electrons. The molecule has 0 atom stereocenters. The summed E-state index contributed by atoms with van der Waals surface area (Å²) < 4.78 is 21.9. The summed E-state index contributed by atoms with van der Waals surface area (Å²) in [6.45, 7) is 4.50. The standard InChI is InChI=1S/C28H27ClN2O5/c1-17-6-7-20(10-18(17)2)16-36-24-9-8-19(12-27(24)35-5)11-21(15-30)28(32)31-23-14-25(33-3)22(29)13-26(23)34-4/h6-14H,16H2,1-5H3,(H,31,32)/b21-11+. The lowest BCUT2D eigenvalue weighted by Crippen LogP contribution is -2.14. The summed E-state index contributed by atoms with van der Waals surface area (Å²) in [6.07, 6.45) is 1.46. The van der Waals surface area contributed by atoms with E-state index in [9.17, 15) is 10.1 Å². The van der Waals surface area contributed by atoms with Gasteiger partial charge in [0.05, 0.1) is 32.0 Å². The molecule has 3 aromatic rings. The maximum Gasteiger partial charge on any atom is 0.266 e. The van der Waals surface area contributed by atoms with E-state index in [0.29, 0.717) is 45.9 Å². The van der Waals surface area contributed by atoms with Crippen LogP contribution >= 0.6 is 11.6 Å². The van der Waals surface area contributed by atoms with Gasteiger partial charge in [-0.15, -0.1) is 0 Å². The van der Waals surface area contributed by atoms with Crippen LogP contribution in [-0.2, 0) is 11.4 Å². The van der Waals surface area contributed by atoms with E-state index in [0.717, 1.165) is 5.56 Å². The zero-order valence-corrected chi connectivity index (χ0v) is 21.5. The molecule has 0 aromatic heterocycles. The maximum atomic E-state index is 12.8. The number of rotatable bonds is 9. The molecule has 7 nitrogen and oxygen atoms in total. The molecule has 3 aromatic carbocycles. The molecule has 0 fully saturated rings. The van der Waals surface area contributed by atoms with Crippen molar-refractivity contribution in [3.63, 3.8) is 0 Å². The normalized spacial score (nSPS) is 10.9. The van der Waals surface area contributed by atoms with Gasteiger partial charge >= 0.3 is 0 Å². The molecule has 36 heavy (non-hydrogen) atoms. The third kappa shape index (κ3) is 6.29. The number of nitrogens with one attached hydrogen (secondary N) is 1. The fourth-order valence-electron chi connectivity index (χ4n) is 3.41. The molecule has 0 aliphatic carbocycles. The van der Waals surface area contributed by atoms with Crippen molar-refractivity contribution in [2.24, 2.45) is 0 Å². The number of nitrogens with zero attached hydrogens (tertiary/aromatic N) is 1. The molecule has 0 radical (unpaired) electrons. The Bertz CT molecular complexity index is 1340. The predicted octanol–water partition coefficient (Wildman–Crippen LogP) is 6.11. The Labute approximate surface area is 215 Å². The lowest BCUT2D eigenvalue weighted by molar-refractivity contribution is -0.112. The van der Waals surface area contributed by atoms with E-state index in [2.05, 4.69) is 31.3 Å². The van der Waals surface area contributed by atoms with Crippen molar-refractivity contribution in [3.05, 3.63) is 81.4 Å². The molecule has 8 heteroatoms. The summed E-state index contributed by atoms with van der Waals surface area (Å²) in [4.78, 5) is 12.8. The number of carbonyl (C=O) groups excluding carboxylic acids is 1. The lowest BCUT2D eigenvalue weighted by Gasteiger charge is -2.13. The number of nitriles is 1. The van der Waals surface area contributed by atoms with Crippen molar-refractivity contribution in [3.8, 4) is 29.1 Å². The number of halogens is 1. The molecule has 1 N–H and O–H groups in total. The van der Waals surface area contributed by atoms with Gasteiger partial charge in [-0.05, 0) is 54.3 Å². The fraction of sp³-hybridized carbons (Fsp3) is 0.214. The van der Waals surface area contributed by atoms with E-state index in [-0.39, 0.29) is 5.57 Å². The number of amides is 1. The van der Waals surface area contributed by atoms with E-state index in [1.165, 1.54) is 50.7 Å². The number of hydrogen-bond donors (Lipinski definition) is 1. The highest BCUT2D eigenvalue weighted by molar-refractivity contribution is 6.32. The summed E-state index contributed by atoms with van der Waals surface area (Å²) in [5, 5.41) is 12.6. The van der Waals surface area contributed by atoms with Crippen LogP contribution in [0.25, 0.3) is 6.08 Å². The van der Waals surface area contributed by atoms with Gasteiger partial charge in [-0.25, -0.2) is 0 Å². The van der Waals surface area contributed by atoms with Gasteiger partial charge in [0.1, 0.15) is 29.7 Å². The first-order chi connectivity index (χ1) is 17.3. The molecule has 0 saturated carbocycles. The van der Waals surface area contributed by atoms with E-state index < -0.39 is 5.91 Å². The lowest BCUT2D eigenvalue weighted by atomic mass is 10.1. The monoisotopic (exact) mass is 506 g/mol. The summed E-state index contributed by atoms with van der Waals surface area (Å²) in [6, 6.07) is 16.3. The maximum absolute atomic E-state index is 12.8. The van der Waals surface area contributed by atoms with Gasteiger partial charge in [-0.3, -0.25) is 4.79 Å². The second-order valence-electron chi connectivity index (χ2n) is 7.93. The Hall–Kier alpha value is -4.15. The van der Waals surface area contributed by atoms with Crippen LogP contribution in [0.3, 0.4) is 0 Å². The largest absolute Gasteiger partial charge is 0.495 e. The Kier molecular flexibility index (Phi) is 8.82. The number of aryl methyl sites for hydroxylation is 2. The van der Waals surface area contributed by atoms with Crippen LogP contribution in [0.15, 0.2) is 54.1 Å². The predicted molar refractivity (Wildman–Crippen MR) is 140 cm³/mol. The SMILES string of the molecule is COc1cc(NC(=O)/C(C#N)=C/c2ccc(OCc3ccc(C)c(C)c3)c(OC)c2)c(OC)cc1Cl. The smallest absolute Gasteiger partial charge is 0.266 e. The minimum atomic E-state index is -0.616. The third-order valence-corrected chi connectivity index (χ3v) is 5.85. The van der Waals surface area contributed by atoms with Crippen molar-refractivity contribution in [1.82, 2.24) is 0 Å². The molecule has 0 heterocycles. The van der Waals surface area contributed by atoms with Gasteiger partial charge in [-0.1, -0.05) is 35.9 Å². The molecule has 0 aliphatic rings. The van der Waals surface area contributed by atoms with E-state index in [4.69, 9.17) is 30.5 Å². The summed E-state index contributed by atoms with van der Waals surface area (Å²) in [5.41, 5.74) is 4.26. The minimum absolute atomic E-state index is 0.114. The van der Waals surface area contributed by atoms with Crippen LogP contribution in [0.2, 0.25) is 5.02 Å². The summed E-state index contributed by atoms with van der Waals surface area (Å²) in [7, 11) is 4.44. The number of benzene rings is 3. The van der Waals surface area contributed by atoms with Gasteiger partial charge in [0.25, 0.3) is 5.91 Å². The van der Waals surface area contributed by atoms with Crippen LogP contribution < -0.4 is 24.3 Å². The Morgan fingerprint density at radius 3 is 2.28 bits per heavy atom. The van der Waals surface area contributed by atoms with Gasteiger partial charge < -0.3 is 24.3 Å². The number of ether oxygens (including phenoxy) is 4. The summed E-state index contributed by atoms with van der Waals surface area (Å²) in [5.74, 6) is 1.10. The average Bonchev–Trinajstić information content (AvgIpc) is 2.88. The number of methoxy groups -OCH3 is 3. The topological polar surface area (TPSA) is 89.8 Å². The van der Waals surface area contributed by atoms with Crippen molar-refractivity contribution < 1.29 is 23.7 Å². The van der Waals surface area contributed by atoms with Gasteiger partial charge in [-0.2, -0.15) is 5.26 Å². The van der Waals surface area contributed by atoms with Crippen molar-refractivity contribution >= 4 is 29.3 Å².